The van der Waals surface area contributed by atoms with E-state index in [1.165, 1.54) is 11.2 Å². The van der Waals surface area contributed by atoms with Gasteiger partial charge in [0.05, 0.1) is 4.90 Å². The van der Waals surface area contributed by atoms with Crippen LogP contribution in [-0.2, 0) is 16.6 Å². The van der Waals surface area contributed by atoms with Crippen molar-refractivity contribution in [3.8, 4) is 0 Å². The Kier molecular flexibility index (Phi) is 6.79. The summed E-state index contributed by atoms with van der Waals surface area (Å²) in [6, 6.07) is 6.47. The number of aromatic nitrogens is 1. The maximum atomic E-state index is 12.5. The third-order valence-electron chi connectivity index (χ3n) is 4.74. The Balaban J connectivity index is 2.11. The number of nitrogens with zero attached hydrogens (tertiary/aromatic N) is 1. The fourth-order valence-electron chi connectivity index (χ4n) is 3.27. The number of carbonyl (C=O) groups is 2. The lowest BCUT2D eigenvalue weighted by Crippen LogP contribution is -2.30. The molecule has 2 rings (SSSR count). The van der Waals surface area contributed by atoms with Gasteiger partial charge in [-0.2, -0.15) is 4.31 Å². The number of hydrogen-bond donors (Lipinski definition) is 2. The molecule has 0 aliphatic heterocycles. The maximum absolute atomic E-state index is 12.5. The number of amides is 1. The number of benzene rings is 1. The third-order valence-corrected chi connectivity index (χ3v) is 6.80. The maximum Gasteiger partial charge on any atom is 0.268 e. The van der Waals surface area contributed by atoms with Crippen molar-refractivity contribution in [3.63, 3.8) is 0 Å². The molecule has 1 heterocycles. The Bertz CT molecular complexity index is 972. The minimum atomic E-state index is -3.50. The smallest absolute Gasteiger partial charge is 0.268 e. The number of ketones is 1. The lowest BCUT2D eigenvalue weighted by Gasteiger charge is -2.18. The van der Waals surface area contributed by atoms with Gasteiger partial charge >= 0.3 is 0 Å². The van der Waals surface area contributed by atoms with E-state index in [4.69, 9.17) is 0 Å². The molecule has 7 nitrogen and oxygen atoms in total. The normalized spacial score (nSPS) is 11.6. The minimum Gasteiger partial charge on any atom is -0.354 e. The number of rotatable bonds is 8. The Labute approximate surface area is 166 Å². The zero-order chi connectivity index (χ0) is 21.1. The molecule has 0 spiro atoms. The molecule has 2 N–H and O–H groups in total. The highest BCUT2D eigenvalue weighted by molar-refractivity contribution is 7.89. The van der Waals surface area contributed by atoms with E-state index in [1.54, 1.807) is 52.0 Å². The molecule has 0 saturated carbocycles. The van der Waals surface area contributed by atoms with Crippen LogP contribution in [0.5, 0.6) is 0 Å². The molecule has 0 saturated heterocycles. The molecular weight excluding hydrogens is 378 g/mol. The van der Waals surface area contributed by atoms with E-state index in [0.29, 0.717) is 35.6 Å². The molecule has 0 aliphatic carbocycles. The van der Waals surface area contributed by atoms with Crippen LogP contribution in [0.3, 0.4) is 0 Å². The average Bonchev–Trinajstić information content (AvgIpc) is 2.95. The molecule has 1 aromatic carbocycles. The summed E-state index contributed by atoms with van der Waals surface area (Å²) >= 11 is 0. The number of sulfonamides is 1. The van der Waals surface area contributed by atoms with Crippen molar-refractivity contribution in [1.82, 2.24) is 14.6 Å². The van der Waals surface area contributed by atoms with Gasteiger partial charge in [0, 0.05) is 30.9 Å². The van der Waals surface area contributed by atoms with Crippen LogP contribution in [0.25, 0.3) is 0 Å². The van der Waals surface area contributed by atoms with Gasteiger partial charge in [0.25, 0.3) is 5.91 Å². The SMILES string of the molecule is CCN(CC)S(=O)(=O)c1ccc(CNC(=O)c2[nH]c(C)c(C(C)=O)c2C)cc1. The van der Waals surface area contributed by atoms with Gasteiger partial charge in [0.2, 0.25) is 10.0 Å². The molecule has 152 valence electrons. The number of aryl methyl sites for hydroxylation is 1. The molecule has 0 atom stereocenters. The Morgan fingerprint density at radius 2 is 1.64 bits per heavy atom. The number of H-pyrrole nitrogens is 1. The highest BCUT2D eigenvalue weighted by atomic mass is 32.2. The topological polar surface area (TPSA) is 99.3 Å². The van der Waals surface area contributed by atoms with Crippen LogP contribution in [0, 0.1) is 13.8 Å². The summed E-state index contributed by atoms with van der Waals surface area (Å²) in [5, 5.41) is 2.80. The lowest BCUT2D eigenvalue weighted by molar-refractivity contribution is 0.0945. The lowest BCUT2D eigenvalue weighted by atomic mass is 10.1. The van der Waals surface area contributed by atoms with Crippen LogP contribution < -0.4 is 5.32 Å². The minimum absolute atomic E-state index is 0.0877. The van der Waals surface area contributed by atoms with Crippen molar-refractivity contribution in [1.29, 1.82) is 0 Å². The molecule has 1 amide bonds. The number of Topliss-reactive ketones (excluding diaryl/α,β-unsaturated/α-hetero) is 1. The van der Waals surface area contributed by atoms with Gasteiger partial charge in [-0.25, -0.2) is 8.42 Å². The summed E-state index contributed by atoms with van der Waals surface area (Å²) in [6.45, 7) is 9.63. The van der Waals surface area contributed by atoms with Crippen molar-refractivity contribution >= 4 is 21.7 Å². The van der Waals surface area contributed by atoms with Gasteiger partial charge in [-0.3, -0.25) is 9.59 Å². The molecule has 0 bridgehead atoms. The largest absolute Gasteiger partial charge is 0.354 e. The van der Waals surface area contributed by atoms with Crippen LogP contribution in [-0.4, -0.2) is 42.5 Å². The molecule has 0 aliphatic rings. The highest BCUT2D eigenvalue weighted by Gasteiger charge is 2.22. The first-order chi connectivity index (χ1) is 13.1. The summed E-state index contributed by atoms with van der Waals surface area (Å²) < 4.78 is 26.4. The molecule has 2 aromatic rings. The number of carbonyl (C=O) groups excluding carboxylic acids is 2. The van der Waals surface area contributed by atoms with E-state index in [1.807, 2.05) is 0 Å². The van der Waals surface area contributed by atoms with E-state index in [0.717, 1.165) is 5.56 Å². The quantitative estimate of drug-likeness (QED) is 0.660. The Hall–Kier alpha value is -2.45. The Morgan fingerprint density at radius 3 is 2.11 bits per heavy atom. The first kappa shape index (κ1) is 21.8. The highest BCUT2D eigenvalue weighted by Crippen LogP contribution is 2.19. The van der Waals surface area contributed by atoms with E-state index in [9.17, 15) is 18.0 Å². The van der Waals surface area contributed by atoms with Gasteiger partial charge < -0.3 is 10.3 Å². The molecule has 1 aromatic heterocycles. The third kappa shape index (κ3) is 4.34. The van der Waals surface area contributed by atoms with Gasteiger partial charge in [0.15, 0.2) is 5.78 Å². The van der Waals surface area contributed by atoms with Crippen molar-refractivity contribution in [3.05, 3.63) is 52.3 Å². The second-order valence-corrected chi connectivity index (χ2v) is 8.54. The predicted molar refractivity (Wildman–Crippen MR) is 108 cm³/mol. The zero-order valence-corrected chi connectivity index (χ0v) is 17.7. The molecule has 0 radical (unpaired) electrons. The summed E-state index contributed by atoms with van der Waals surface area (Å²) in [7, 11) is -3.50. The monoisotopic (exact) mass is 405 g/mol. The van der Waals surface area contributed by atoms with Gasteiger partial charge in [0.1, 0.15) is 5.69 Å². The number of nitrogens with one attached hydrogen (secondary N) is 2. The number of aromatic amines is 1. The van der Waals surface area contributed by atoms with E-state index in [-0.39, 0.29) is 23.1 Å². The van der Waals surface area contributed by atoms with Gasteiger partial charge in [-0.1, -0.05) is 26.0 Å². The van der Waals surface area contributed by atoms with E-state index < -0.39 is 10.0 Å². The zero-order valence-electron chi connectivity index (χ0n) is 16.9. The van der Waals surface area contributed by atoms with Crippen molar-refractivity contribution in [2.24, 2.45) is 0 Å². The Morgan fingerprint density at radius 1 is 1.07 bits per heavy atom. The van der Waals surface area contributed by atoms with Crippen molar-refractivity contribution in [2.75, 3.05) is 13.1 Å². The summed E-state index contributed by atoms with van der Waals surface area (Å²) in [5.41, 5.74) is 2.98. The average molecular weight is 406 g/mol. The van der Waals surface area contributed by atoms with Gasteiger partial charge in [-0.15, -0.1) is 0 Å². The van der Waals surface area contributed by atoms with Crippen LogP contribution in [0.1, 0.15) is 58.4 Å². The second kappa shape index (κ2) is 8.70. The van der Waals surface area contributed by atoms with Crippen LogP contribution in [0.2, 0.25) is 0 Å². The van der Waals surface area contributed by atoms with Gasteiger partial charge in [-0.05, 0) is 44.0 Å². The number of hydrogen-bond acceptors (Lipinski definition) is 4. The van der Waals surface area contributed by atoms with E-state index >= 15 is 0 Å². The fraction of sp³-hybridized carbons (Fsp3) is 0.400. The van der Waals surface area contributed by atoms with Crippen LogP contribution in [0.15, 0.2) is 29.2 Å². The molecule has 8 heteroatoms. The first-order valence-electron chi connectivity index (χ1n) is 9.20. The first-order valence-corrected chi connectivity index (χ1v) is 10.6. The summed E-state index contributed by atoms with van der Waals surface area (Å²) in [5.74, 6) is -0.400. The van der Waals surface area contributed by atoms with Crippen molar-refractivity contribution < 1.29 is 18.0 Å². The second-order valence-electron chi connectivity index (χ2n) is 6.60. The summed E-state index contributed by atoms with van der Waals surface area (Å²) in [4.78, 5) is 27.4. The fourth-order valence-corrected chi connectivity index (χ4v) is 4.73. The predicted octanol–water partition coefficient (Wildman–Crippen LogP) is 2.79. The molecular formula is C20H27N3O4S. The standard InChI is InChI=1S/C20H27N3O4S/c1-6-23(7-2)28(26,27)17-10-8-16(9-11-17)12-21-20(25)19-13(3)18(15(5)24)14(4)22-19/h8-11,22H,6-7,12H2,1-5H3,(H,21,25). The summed E-state index contributed by atoms with van der Waals surface area (Å²) in [6.07, 6.45) is 0. The van der Waals surface area contributed by atoms with E-state index in [2.05, 4.69) is 10.3 Å². The van der Waals surface area contributed by atoms with Crippen LogP contribution in [0.4, 0.5) is 0 Å². The van der Waals surface area contributed by atoms with Crippen molar-refractivity contribution in [2.45, 2.75) is 46.1 Å². The van der Waals surface area contributed by atoms with Crippen LogP contribution >= 0.6 is 0 Å². The molecule has 0 fully saturated rings. The molecule has 28 heavy (non-hydrogen) atoms. The molecule has 0 unspecified atom stereocenters.